The van der Waals surface area contributed by atoms with Crippen LogP contribution >= 0.6 is 11.6 Å². The molecule has 1 aromatic heterocycles. The van der Waals surface area contributed by atoms with Gasteiger partial charge < -0.3 is 0 Å². The zero-order valence-electron chi connectivity index (χ0n) is 8.75. The molecule has 0 spiro atoms. The first-order chi connectivity index (χ1) is 8.43. The average Bonchev–Trinajstić information content (AvgIpc) is 2.28. The van der Waals surface area contributed by atoms with E-state index in [-0.39, 0.29) is 9.92 Å². The predicted molar refractivity (Wildman–Crippen MR) is 62.5 cm³/mol. The Bertz CT molecular complexity index is 758. The van der Waals surface area contributed by atoms with E-state index < -0.39 is 21.4 Å². The van der Waals surface area contributed by atoms with E-state index in [1.165, 1.54) is 6.07 Å². The number of halogens is 2. The van der Waals surface area contributed by atoms with Crippen molar-refractivity contribution < 1.29 is 12.8 Å². The maximum Gasteiger partial charge on any atom is 0.287 e. The fraction of sp³-hybridized carbons (Fsp3) is 0. The van der Waals surface area contributed by atoms with Crippen LogP contribution in [0.1, 0.15) is 0 Å². The van der Waals surface area contributed by atoms with Crippen molar-refractivity contribution >= 4 is 21.6 Å². The lowest BCUT2D eigenvalue weighted by atomic mass is 10.3. The van der Waals surface area contributed by atoms with Gasteiger partial charge in [-0.25, -0.2) is 4.39 Å². The third kappa shape index (κ3) is 2.14. The highest BCUT2D eigenvalue weighted by molar-refractivity contribution is 7.90. The van der Waals surface area contributed by atoms with Gasteiger partial charge in [0.1, 0.15) is 10.7 Å². The van der Waals surface area contributed by atoms with E-state index in [0.29, 0.717) is 4.09 Å². The van der Waals surface area contributed by atoms with E-state index in [1.54, 1.807) is 0 Å². The molecule has 0 radical (unpaired) electrons. The number of hydrogen-bond donors (Lipinski definition) is 0. The summed E-state index contributed by atoms with van der Waals surface area (Å²) in [6, 6.07) is 5.12. The summed E-state index contributed by atoms with van der Waals surface area (Å²) in [5.74, 6) is -0.674. The molecular weight excluding hydrogens is 283 g/mol. The molecule has 0 unspecified atom stereocenters. The van der Waals surface area contributed by atoms with Crippen LogP contribution < -0.4 is 5.56 Å². The molecule has 0 saturated heterocycles. The zero-order chi connectivity index (χ0) is 13.3. The molecule has 0 aliphatic rings. The van der Waals surface area contributed by atoms with Crippen molar-refractivity contribution in [3.8, 4) is 0 Å². The highest BCUT2D eigenvalue weighted by Crippen LogP contribution is 2.22. The second-order valence-electron chi connectivity index (χ2n) is 3.28. The number of hydrogen-bond acceptors (Lipinski definition) is 4. The van der Waals surface area contributed by atoms with Gasteiger partial charge in [0.25, 0.3) is 15.6 Å². The third-order valence-corrected chi connectivity index (χ3v) is 4.15. The Balaban J connectivity index is 2.70. The second-order valence-corrected chi connectivity index (χ2v) is 5.43. The van der Waals surface area contributed by atoms with Gasteiger partial charge in [-0.3, -0.25) is 4.79 Å². The van der Waals surface area contributed by atoms with Crippen molar-refractivity contribution in [2.24, 2.45) is 0 Å². The smallest absolute Gasteiger partial charge is 0.267 e. The summed E-state index contributed by atoms with van der Waals surface area (Å²) < 4.78 is 37.3. The lowest BCUT2D eigenvalue weighted by molar-refractivity contribution is 0.575. The van der Waals surface area contributed by atoms with Gasteiger partial charge in [0.2, 0.25) is 0 Å². The van der Waals surface area contributed by atoms with E-state index in [1.807, 2.05) is 0 Å². The first-order valence-electron chi connectivity index (χ1n) is 4.68. The fourth-order valence-electron chi connectivity index (χ4n) is 1.30. The first-order valence-corrected chi connectivity index (χ1v) is 6.50. The van der Waals surface area contributed by atoms with Crippen LogP contribution in [0.15, 0.2) is 46.2 Å². The van der Waals surface area contributed by atoms with Gasteiger partial charge in [0.15, 0.2) is 0 Å². The molecule has 0 aliphatic heterocycles. The molecule has 0 saturated carbocycles. The molecule has 2 rings (SSSR count). The number of benzene rings is 1. The molecule has 0 amide bonds. The highest BCUT2D eigenvalue weighted by Gasteiger charge is 2.22. The van der Waals surface area contributed by atoms with Gasteiger partial charge in [-0.2, -0.15) is 13.5 Å². The van der Waals surface area contributed by atoms with Gasteiger partial charge in [-0.05, 0) is 24.3 Å². The molecule has 5 nitrogen and oxygen atoms in total. The van der Waals surface area contributed by atoms with Crippen LogP contribution in [-0.2, 0) is 10.0 Å². The minimum Gasteiger partial charge on any atom is -0.267 e. The monoisotopic (exact) mass is 288 g/mol. The summed E-state index contributed by atoms with van der Waals surface area (Å²) in [6.45, 7) is 0. The normalized spacial score (nSPS) is 11.4. The SMILES string of the molecule is O=c1cccnn1S(=O)(=O)c1ccc(F)cc1Cl. The standard InChI is InChI=1S/C10H6ClFN2O3S/c11-8-6-7(12)3-4-9(8)18(16,17)14-10(15)2-1-5-13-14/h1-6H. The Labute approximate surface area is 106 Å². The van der Waals surface area contributed by atoms with Gasteiger partial charge >= 0.3 is 0 Å². The second kappa shape index (κ2) is 4.51. The van der Waals surface area contributed by atoms with E-state index >= 15 is 0 Å². The van der Waals surface area contributed by atoms with Crippen molar-refractivity contribution in [3.05, 3.63) is 57.7 Å². The quantitative estimate of drug-likeness (QED) is 0.834. The van der Waals surface area contributed by atoms with E-state index in [9.17, 15) is 17.6 Å². The summed E-state index contributed by atoms with van der Waals surface area (Å²) in [5, 5.41) is 3.14. The van der Waals surface area contributed by atoms with Gasteiger partial charge in [0, 0.05) is 12.3 Å². The number of rotatable bonds is 2. The Kier molecular flexibility index (Phi) is 3.18. The molecule has 2 aromatic rings. The van der Waals surface area contributed by atoms with Crippen LogP contribution in [0.4, 0.5) is 4.39 Å². The molecule has 1 aromatic carbocycles. The minimum atomic E-state index is -4.22. The lowest BCUT2D eigenvalue weighted by Crippen LogP contribution is -2.29. The average molecular weight is 289 g/mol. The van der Waals surface area contributed by atoms with Crippen LogP contribution in [0.5, 0.6) is 0 Å². The summed E-state index contributed by atoms with van der Waals surface area (Å²) in [7, 11) is -4.22. The minimum absolute atomic E-state index is 0.298. The summed E-state index contributed by atoms with van der Waals surface area (Å²) in [5.41, 5.74) is -0.821. The van der Waals surface area contributed by atoms with Gasteiger partial charge in [0.05, 0.1) is 5.02 Å². The molecule has 18 heavy (non-hydrogen) atoms. The fourth-order valence-corrected chi connectivity index (χ4v) is 2.97. The highest BCUT2D eigenvalue weighted by atomic mass is 35.5. The Morgan fingerprint density at radius 1 is 1.28 bits per heavy atom. The number of aromatic nitrogens is 2. The van der Waals surface area contributed by atoms with E-state index in [0.717, 1.165) is 30.5 Å². The Hall–Kier alpha value is -1.73. The van der Waals surface area contributed by atoms with Crippen molar-refractivity contribution in [2.75, 3.05) is 0 Å². The van der Waals surface area contributed by atoms with Gasteiger partial charge in [-0.15, -0.1) is 4.09 Å². The largest absolute Gasteiger partial charge is 0.287 e. The Morgan fingerprint density at radius 2 is 2.00 bits per heavy atom. The molecule has 8 heteroatoms. The van der Waals surface area contributed by atoms with Gasteiger partial charge in [-0.1, -0.05) is 11.6 Å². The van der Waals surface area contributed by atoms with Crippen LogP contribution in [-0.4, -0.2) is 17.6 Å². The molecule has 0 aliphatic carbocycles. The number of nitrogens with zero attached hydrogens (tertiary/aromatic N) is 2. The van der Waals surface area contributed by atoms with Crippen molar-refractivity contribution in [2.45, 2.75) is 4.90 Å². The Morgan fingerprint density at radius 3 is 2.61 bits per heavy atom. The van der Waals surface area contributed by atoms with Crippen molar-refractivity contribution in [3.63, 3.8) is 0 Å². The molecule has 1 heterocycles. The first kappa shape index (κ1) is 12.7. The molecule has 0 bridgehead atoms. The molecule has 94 valence electrons. The van der Waals surface area contributed by atoms with Crippen molar-refractivity contribution in [1.82, 2.24) is 9.19 Å². The lowest BCUT2D eigenvalue weighted by Gasteiger charge is -2.07. The van der Waals surface area contributed by atoms with E-state index in [2.05, 4.69) is 5.10 Å². The third-order valence-electron chi connectivity index (χ3n) is 2.08. The maximum atomic E-state index is 12.9. The van der Waals surface area contributed by atoms with Crippen LogP contribution in [0.25, 0.3) is 0 Å². The van der Waals surface area contributed by atoms with E-state index in [4.69, 9.17) is 11.6 Å². The molecule has 0 atom stereocenters. The molecule has 0 fully saturated rings. The zero-order valence-corrected chi connectivity index (χ0v) is 10.3. The van der Waals surface area contributed by atoms with Crippen LogP contribution in [0, 0.1) is 5.82 Å². The predicted octanol–water partition coefficient (Wildman–Crippen LogP) is 1.27. The molecule has 0 N–H and O–H groups in total. The topological polar surface area (TPSA) is 69.0 Å². The molecular formula is C10H6ClFN2O3S. The summed E-state index contributed by atoms with van der Waals surface area (Å²) in [6.07, 6.45) is 1.15. The van der Waals surface area contributed by atoms with Crippen LogP contribution in [0.3, 0.4) is 0 Å². The maximum absolute atomic E-state index is 12.9. The summed E-state index contributed by atoms with van der Waals surface area (Å²) >= 11 is 5.65. The van der Waals surface area contributed by atoms with Crippen molar-refractivity contribution in [1.29, 1.82) is 0 Å². The van der Waals surface area contributed by atoms with Crippen LogP contribution in [0.2, 0.25) is 5.02 Å². The summed E-state index contributed by atoms with van der Waals surface area (Å²) in [4.78, 5) is 11.0.